The molecule has 0 aliphatic carbocycles. The van der Waals surface area contributed by atoms with Crippen molar-refractivity contribution in [1.29, 1.82) is 0 Å². The average molecular weight is 258 g/mol. The summed E-state index contributed by atoms with van der Waals surface area (Å²) < 4.78 is 5.21. The standard InChI is InChI=1S/C15H18N2O2/c1-3-11(10-18)15-16-8-7-14(17-15)12-5-4-6-13(9-12)19-2/h4-9,11,18H,3,10H2,1-2H3. The number of rotatable bonds is 5. The Labute approximate surface area is 113 Å². The number of methoxy groups -OCH3 is 1. The van der Waals surface area contributed by atoms with E-state index in [0.717, 1.165) is 23.4 Å². The predicted molar refractivity (Wildman–Crippen MR) is 74.1 cm³/mol. The van der Waals surface area contributed by atoms with Gasteiger partial charge in [0, 0.05) is 17.7 Å². The number of aromatic nitrogens is 2. The molecular formula is C15H18N2O2. The largest absolute Gasteiger partial charge is 0.497 e. The molecule has 4 heteroatoms. The molecule has 1 aromatic heterocycles. The Morgan fingerprint density at radius 2 is 2.16 bits per heavy atom. The van der Waals surface area contributed by atoms with Gasteiger partial charge in [0.25, 0.3) is 0 Å². The minimum atomic E-state index is -0.00874. The van der Waals surface area contributed by atoms with Crippen LogP contribution in [-0.2, 0) is 0 Å². The molecule has 1 heterocycles. The molecule has 0 aliphatic heterocycles. The van der Waals surface area contributed by atoms with Crippen molar-refractivity contribution in [3.8, 4) is 17.0 Å². The van der Waals surface area contributed by atoms with Gasteiger partial charge >= 0.3 is 0 Å². The van der Waals surface area contributed by atoms with Gasteiger partial charge in [0.15, 0.2) is 0 Å². The van der Waals surface area contributed by atoms with Gasteiger partial charge in [0.1, 0.15) is 11.6 Å². The van der Waals surface area contributed by atoms with Gasteiger partial charge in [-0.3, -0.25) is 0 Å². The first kappa shape index (κ1) is 13.5. The Morgan fingerprint density at radius 1 is 1.32 bits per heavy atom. The third kappa shape index (κ3) is 3.09. The number of ether oxygens (including phenoxy) is 1. The van der Waals surface area contributed by atoms with Gasteiger partial charge in [-0.25, -0.2) is 9.97 Å². The number of benzene rings is 1. The molecule has 0 bridgehead atoms. The van der Waals surface area contributed by atoms with Crippen molar-refractivity contribution >= 4 is 0 Å². The highest BCUT2D eigenvalue weighted by molar-refractivity contribution is 5.60. The number of aliphatic hydroxyl groups excluding tert-OH is 1. The zero-order chi connectivity index (χ0) is 13.7. The summed E-state index contributed by atoms with van der Waals surface area (Å²) in [5.74, 6) is 1.47. The molecule has 0 amide bonds. The van der Waals surface area contributed by atoms with Crippen molar-refractivity contribution in [2.45, 2.75) is 19.3 Å². The second kappa shape index (κ2) is 6.29. The lowest BCUT2D eigenvalue weighted by atomic mass is 10.1. The number of nitrogens with zero attached hydrogens (tertiary/aromatic N) is 2. The maximum Gasteiger partial charge on any atom is 0.134 e. The fourth-order valence-corrected chi connectivity index (χ4v) is 1.91. The fraction of sp³-hybridized carbons (Fsp3) is 0.333. The molecule has 100 valence electrons. The van der Waals surface area contributed by atoms with Crippen molar-refractivity contribution in [2.75, 3.05) is 13.7 Å². The highest BCUT2D eigenvalue weighted by Gasteiger charge is 2.12. The Bertz CT molecular complexity index is 539. The normalized spacial score (nSPS) is 12.2. The Morgan fingerprint density at radius 3 is 2.84 bits per heavy atom. The van der Waals surface area contributed by atoms with Crippen LogP contribution in [0.1, 0.15) is 25.1 Å². The van der Waals surface area contributed by atoms with Gasteiger partial charge in [0.05, 0.1) is 19.4 Å². The lowest BCUT2D eigenvalue weighted by Crippen LogP contribution is -2.08. The van der Waals surface area contributed by atoms with E-state index in [1.165, 1.54) is 0 Å². The van der Waals surface area contributed by atoms with Gasteiger partial charge in [-0.05, 0) is 24.6 Å². The first-order chi connectivity index (χ1) is 9.28. The highest BCUT2D eigenvalue weighted by atomic mass is 16.5. The summed E-state index contributed by atoms with van der Waals surface area (Å²) in [7, 11) is 1.64. The molecule has 4 nitrogen and oxygen atoms in total. The zero-order valence-corrected chi connectivity index (χ0v) is 11.2. The quantitative estimate of drug-likeness (QED) is 0.895. The van der Waals surface area contributed by atoms with E-state index in [1.54, 1.807) is 13.3 Å². The lowest BCUT2D eigenvalue weighted by molar-refractivity contribution is 0.257. The summed E-state index contributed by atoms with van der Waals surface area (Å²) >= 11 is 0. The minimum absolute atomic E-state index is 0.00874. The van der Waals surface area contributed by atoms with Crippen LogP contribution in [0.25, 0.3) is 11.3 Å². The Hall–Kier alpha value is -1.94. The van der Waals surface area contributed by atoms with Gasteiger partial charge in [0.2, 0.25) is 0 Å². The maximum absolute atomic E-state index is 9.32. The van der Waals surface area contributed by atoms with E-state index in [1.807, 2.05) is 37.3 Å². The maximum atomic E-state index is 9.32. The van der Waals surface area contributed by atoms with Crippen molar-refractivity contribution in [2.24, 2.45) is 0 Å². The molecule has 0 fully saturated rings. The van der Waals surface area contributed by atoms with E-state index < -0.39 is 0 Å². The first-order valence-corrected chi connectivity index (χ1v) is 6.36. The number of hydrogen-bond donors (Lipinski definition) is 1. The van der Waals surface area contributed by atoms with E-state index >= 15 is 0 Å². The van der Waals surface area contributed by atoms with E-state index in [-0.39, 0.29) is 12.5 Å². The predicted octanol–water partition coefficient (Wildman–Crippen LogP) is 2.64. The van der Waals surface area contributed by atoms with Crippen LogP contribution in [0.5, 0.6) is 5.75 Å². The molecule has 2 aromatic rings. The van der Waals surface area contributed by atoms with E-state index in [9.17, 15) is 5.11 Å². The van der Waals surface area contributed by atoms with Crippen LogP contribution in [0.4, 0.5) is 0 Å². The van der Waals surface area contributed by atoms with Gasteiger partial charge in [-0.2, -0.15) is 0 Å². The molecule has 2 rings (SSSR count). The minimum Gasteiger partial charge on any atom is -0.497 e. The lowest BCUT2D eigenvalue weighted by Gasteiger charge is -2.11. The van der Waals surface area contributed by atoms with Crippen LogP contribution in [-0.4, -0.2) is 28.8 Å². The van der Waals surface area contributed by atoms with Crippen molar-refractivity contribution in [1.82, 2.24) is 9.97 Å². The summed E-state index contributed by atoms with van der Waals surface area (Å²) in [6.07, 6.45) is 2.55. The summed E-state index contributed by atoms with van der Waals surface area (Å²) in [6, 6.07) is 9.61. The topological polar surface area (TPSA) is 55.2 Å². The Balaban J connectivity index is 2.37. The summed E-state index contributed by atoms with van der Waals surface area (Å²) in [5.41, 5.74) is 1.83. The molecule has 19 heavy (non-hydrogen) atoms. The first-order valence-electron chi connectivity index (χ1n) is 6.36. The van der Waals surface area contributed by atoms with E-state index in [2.05, 4.69) is 9.97 Å². The smallest absolute Gasteiger partial charge is 0.134 e. The molecule has 0 saturated heterocycles. The molecule has 0 spiro atoms. The monoisotopic (exact) mass is 258 g/mol. The Kier molecular flexibility index (Phi) is 4.47. The van der Waals surface area contributed by atoms with Crippen molar-refractivity contribution in [3.05, 3.63) is 42.4 Å². The molecule has 1 atom stereocenters. The SMILES string of the molecule is CCC(CO)c1nccc(-c2cccc(OC)c2)n1. The molecule has 0 saturated carbocycles. The van der Waals surface area contributed by atoms with Gasteiger partial charge < -0.3 is 9.84 Å². The molecule has 0 aliphatic rings. The number of aliphatic hydroxyl groups is 1. The van der Waals surface area contributed by atoms with Gasteiger partial charge in [-0.15, -0.1) is 0 Å². The van der Waals surface area contributed by atoms with Crippen molar-refractivity contribution in [3.63, 3.8) is 0 Å². The molecule has 1 N–H and O–H groups in total. The summed E-state index contributed by atoms with van der Waals surface area (Å²) in [6.45, 7) is 2.08. The molecule has 1 aromatic carbocycles. The van der Waals surface area contributed by atoms with Crippen LogP contribution in [0.3, 0.4) is 0 Å². The third-order valence-electron chi connectivity index (χ3n) is 3.12. The summed E-state index contributed by atoms with van der Waals surface area (Å²) in [5, 5.41) is 9.32. The third-order valence-corrected chi connectivity index (χ3v) is 3.12. The summed E-state index contributed by atoms with van der Waals surface area (Å²) in [4.78, 5) is 8.78. The highest BCUT2D eigenvalue weighted by Crippen LogP contribution is 2.23. The molecule has 0 radical (unpaired) electrons. The number of hydrogen-bond acceptors (Lipinski definition) is 4. The zero-order valence-electron chi connectivity index (χ0n) is 11.2. The second-order valence-corrected chi connectivity index (χ2v) is 4.32. The van der Waals surface area contributed by atoms with Crippen LogP contribution < -0.4 is 4.74 Å². The van der Waals surface area contributed by atoms with E-state index in [0.29, 0.717) is 5.82 Å². The van der Waals surface area contributed by atoms with Gasteiger partial charge in [-0.1, -0.05) is 19.1 Å². The van der Waals surface area contributed by atoms with Crippen LogP contribution in [0.15, 0.2) is 36.5 Å². The fourth-order valence-electron chi connectivity index (χ4n) is 1.91. The average Bonchev–Trinajstić information content (AvgIpc) is 2.49. The molecule has 1 unspecified atom stereocenters. The van der Waals surface area contributed by atoms with Crippen LogP contribution in [0.2, 0.25) is 0 Å². The van der Waals surface area contributed by atoms with Crippen molar-refractivity contribution < 1.29 is 9.84 Å². The molecular weight excluding hydrogens is 240 g/mol. The second-order valence-electron chi connectivity index (χ2n) is 4.32. The van der Waals surface area contributed by atoms with Crippen LogP contribution in [0, 0.1) is 0 Å². The van der Waals surface area contributed by atoms with E-state index in [4.69, 9.17) is 4.74 Å². The van der Waals surface area contributed by atoms with Crippen LogP contribution >= 0.6 is 0 Å².